The van der Waals surface area contributed by atoms with E-state index in [2.05, 4.69) is 90.1 Å². The van der Waals surface area contributed by atoms with E-state index < -0.39 is 0 Å². The Morgan fingerprint density at radius 2 is 1.69 bits per heavy atom. The third-order valence-electron chi connectivity index (χ3n) is 6.86. The van der Waals surface area contributed by atoms with Gasteiger partial charge in [-0.3, -0.25) is 4.98 Å². The first-order valence-electron chi connectivity index (χ1n) is 12.0. The number of para-hydroxylation sites is 2. The van der Waals surface area contributed by atoms with Gasteiger partial charge in [-0.2, -0.15) is 0 Å². The Labute approximate surface area is 218 Å². The molecular weight excluding hydrogens is 466 g/mol. The van der Waals surface area contributed by atoms with E-state index in [4.69, 9.17) is 21.9 Å². The standard InChI is InChI=1S/C29H31N5OS/c1-19-18-23(20(2)33(19)22-15-13-21(14-16-22)32(3)4)28-27(24-10-8-9-17-30-24)31-29(36)34(28)25-11-6-7-12-26(25)35-5/h6-18,27-28H,1-5H3,(H,31,36)/t27-,28+/m1/s1. The third kappa shape index (κ3) is 4.09. The molecule has 0 aliphatic carbocycles. The molecule has 0 bridgehead atoms. The number of nitrogens with one attached hydrogen (secondary N) is 1. The molecule has 184 valence electrons. The van der Waals surface area contributed by atoms with E-state index in [-0.39, 0.29) is 12.1 Å². The molecule has 2 aromatic heterocycles. The van der Waals surface area contributed by atoms with Crippen molar-refractivity contribution >= 4 is 28.7 Å². The maximum absolute atomic E-state index is 5.92. The maximum Gasteiger partial charge on any atom is 0.174 e. The fourth-order valence-corrected chi connectivity index (χ4v) is 5.48. The smallest absolute Gasteiger partial charge is 0.174 e. The summed E-state index contributed by atoms with van der Waals surface area (Å²) in [6, 6.07) is 24.7. The fourth-order valence-electron chi connectivity index (χ4n) is 5.14. The average molecular weight is 498 g/mol. The molecule has 0 unspecified atom stereocenters. The van der Waals surface area contributed by atoms with Crippen molar-refractivity contribution in [1.29, 1.82) is 0 Å². The highest BCUT2D eigenvalue weighted by Gasteiger charge is 2.43. The maximum atomic E-state index is 5.92. The average Bonchev–Trinajstić information content (AvgIpc) is 3.39. The Kier molecular flexibility index (Phi) is 6.41. The predicted octanol–water partition coefficient (Wildman–Crippen LogP) is 5.74. The van der Waals surface area contributed by atoms with Crippen LogP contribution in [0.25, 0.3) is 5.69 Å². The number of anilines is 2. The molecule has 1 aliphatic rings. The number of benzene rings is 2. The SMILES string of the molecule is COc1ccccc1N1C(=S)N[C@H](c2ccccn2)[C@@H]1c1cc(C)n(-c2ccc(N(C)C)cc2)c1C. The van der Waals surface area contributed by atoms with Crippen LogP contribution in [0.3, 0.4) is 0 Å². The van der Waals surface area contributed by atoms with Crippen molar-refractivity contribution < 1.29 is 4.74 Å². The zero-order chi connectivity index (χ0) is 25.4. The lowest BCUT2D eigenvalue weighted by Gasteiger charge is -2.29. The minimum Gasteiger partial charge on any atom is -0.495 e. The van der Waals surface area contributed by atoms with Crippen molar-refractivity contribution in [3.05, 3.63) is 102 Å². The van der Waals surface area contributed by atoms with E-state index >= 15 is 0 Å². The predicted molar refractivity (Wildman–Crippen MR) is 150 cm³/mol. The second kappa shape index (κ2) is 9.66. The summed E-state index contributed by atoms with van der Waals surface area (Å²) in [6.07, 6.45) is 1.83. The van der Waals surface area contributed by atoms with Gasteiger partial charge in [-0.1, -0.05) is 18.2 Å². The van der Waals surface area contributed by atoms with Crippen LogP contribution in [0, 0.1) is 13.8 Å². The molecule has 1 saturated heterocycles. The molecule has 1 fully saturated rings. The Hall–Kier alpha value is -3.84. The lowest BCUT2D eigenvalue weighted by atomic mass is 9.96. The van der Waals surface area contributed by atoms with Crippen molar-refractivity contribution in [2.24, 2.45) is 0 Å². The molecule has 2 aromatic carbocycles. The molecular formula is C29H31N5OS. The number of hydrogen-bond acceptors (Lipinski definition) is 4. The summed E-state index contributed by atoms with van der Waals surface area (Å²) in [5, 5.41) is 4.21. The molecule has 5 rings (SSSR count). The second-order valence-corrected chi connectivity index (χ2v) is 9.63. The van der Waals surface area contributed by atoms with Crippen LogP contribution in [0.4, 0.5) is 11.4 Å². The van der Waals surface area contributed by atoms with Crippen LogP contribution in [-0.4, -0.2) is 35.9 Å². The highest BCUT2D eigenvalue weighted by Crippen LogP contribution is 2.46. The molecule has 0 amide bonds. The van der Waals surface area contributed by atoms with Gasteiger partial charge < -0.3 is 24.4 Å². The van der Waals surface area contributed by atoms with Gasteiger partial charge in [-0.05, 0) is 86.2 Å². The van der Waals surface area contributed by atoms with Crippen LogP contribution < -0.4 is 19.9 Å². The number of thiocarbonyl (C=S) groups is 1. The summed E-state index contributed by atoms with van der Waals surface area (Å²) >= 11 is 5.92. The highest BCUT2D eigenvalue weighted by molar-refractivity contribution is 7.80. The lowest BCUT2D eigenvalue weighted by Crippen LogP contribution is -2.30. The number of methoxy groups -OCH3 is 1. The van der Waals surface area contributed by atoms with E-state index in [1.54, 1.807) is 7.11 Å². The van der Waals surface area contributed by atoms with Gasteiger partial charge >= 0.3 is 0 Å². The number of ether oxygens (including phenoxy) is 1. The second-order valence-electron chi connectivity index (χ2n) is 9.24. The van der Waals surface area contributed by atoms with E-state index in [1.165, 1.54) is 16.9 Å². The molecule has 0 saturated carbocycles. The van der Waals surface area contributed by atoms with E-state index in [0.717, 1.165) is 28.5 Å². The number of rotatable bonds is 6. The van der Waals surface area contributed by atoms with Gasteiger partial charge in [-0.15, -0.1) is 0 Å². The summed E-state index contributed by atoms with van der Waals surface area (Å²) in [4.78, 5) is 8.98. The van der Waals surface area contributed by atoms with Crippen LogP contribution in [0.5, 0.6) is 5.75 Å². The molecule has 7 heteroatoms. The van der Waals surface area contributed by atoms with Crippen LogP contribution in [0.1, 0.15) is 34.7 Å². The van der Waals surface area contributed by atoms with Gasteiger partial charge in [-0.25, -0.2) is 0 Å². The molecule has 0 spiro atoms. The van der Waals surface area contributed by atoms with Gasteiger partial charge in [0.25, 0.3) is 0 Å². The Morgan fingerprint density at radius 1 is 0.972 bits per heavy atom. The van der Waals surface area contributed by atoms with Crippen molar-refractivity contribution in [2.45, 2.75) is 25.9 Å². The summed E-state index contributed by atoms with van der Waals surface area (Å²) in [5.41, 5.74) is 7.71. The Bertz CT molecular complexity index is 1380. The van der Waals surface area contributed by atoms with Gasteiger partial charge in [0, 0.05) is 43.1 Å². The van der Waals surface area contributed by atoms with E-state index in [1.807, 2.05) is 36.5 Å². The molecule has 1 N–H and O–H groups in total. The molecule has 3 heterocycles. The van der Waals surface area contributed by atoms with Gasteiger partial charge in [0.15, 0.2) is 5.11 Å². The first-order valence-corrected chi connectivity index (χ1v) is 12.4. The van der Waals surface area contributed by atoms with Crippen LogP contribution in [0.15, 0.2) is 79.0 Å². The molecule has 2 atom stereocenters. The number of nitrogens with zero attached hydrogens (tertiary/aromatic N) is 4. The van der Waals surface area contributed by atoms with Gasteiger partial charge in [0.1, 0.15) is 5.75 Å². The summed E-state index contributed by atoms with van der Waals surface area (Å²) in [5.74, 6) is 0.779. The molecule has 4 aromatic rings. The summed E-state index contributed by atoms with van der Waals surface area (Å²) < 4.78 is 8.05. The Morgan fingerprint density at radius 3 is 2.36 bits per heavy atom. The van der Waals surface area contributed by atoms with E-state index in [9.17, 15) is 0 Å². The number of aromatic nitrogens is 2. The minimum absolute atomic E-state index is 0.107. The molecule has 36 heavy (non-hydrogen) atoms. The van der Waals surface area contributed by atoms with Gasteiger partial charge in [0.2, 0.25) is 0 Å². The zero-order valence-corrected chi connectivity index (χ0v) is 22.1. The van der Waals surface area contributed by atoms with Crippen LogP contribution in [-0.2, 0) is 0 Å². The van der Waals surface area contributed by atoms with Crippen LogP contribution >= 0.6 is 12.2 Å². The van der Waals surface area contributed by atoms with Crippen molar-refractivity contribution in [3.8, 4) is 11.4 Å². The first kappa shape index (κ1) is 23.9. The summed E-state index contributed by atoms with van der Waals surface area (Å²) in [6.45, 7) is 4.33. The highest BCUT2D eigenvalue weighted by atomic mass is 32.1. The largest absolute Gasteiger partial charge is 0.495 e. The molecule has 0 radical (unpaired) electrons. The van der Waals surface area contributed by atoms with E-state index in [0.29, 0.717) is 5.11 Å². The summed E-state index contributed by atoms with van der Waals surface area (Å²) in [7, 11) is 5.80. The van der Waals surface area contributed by atoms with Crippen molar-refractivity contribution in [2.75, 3.05) is 31.0 Å². The van der Waals surface area contributed by atoms with Crippen molar-refractivity contribution in [3.63, 3.8) is 0 Å². The normalized spacial score (nSPS) is 17.2. The zero-order valence-electron chi connectivity index (χ0n) is 21.3. The topological polar surface area (TPSA) is 45.6 Å². The quantitative estimate of drug-likeness (QED) is 0.343. The molecule has 6 nitrogen and oxygen atoms in total. The third-order valence-corrected chi connectivity index (χ3v) is 7.17. The van der Waals surface area contributed by atoms with Crippen molar-refractivity contribution in [1.82, 2.24) is 14.9 Å². The Balaban J connectivity index is 1.67. The monoisotopic (exact) mass is 497 g/mol. The number of hydrogen-bond donors (Lipinski definition) is 1. The minimum atomic E-state index is -0.117. The van der Waals surface area contributed by atoms with Gasteiger partial charge in [0.05, 0.1) is 30.6 Å². The number of pyridine rings is 1. The fraction of sp³-hybridized carbons (Fsp3) is 0.241. The molecule has 1 aliphatic heterocycles. The lowest BCUT2D eigenvalue weighted by molar-refractivity contribution is 0.414. The number of aryl methyl sites for hydroxylation is 1. The first-order chi connectivity index (χ1) is 17.4. The van der Waals surface area contributed by atoms with Crippen LogP contribution in [0.2, 0.25) is 0 Å².